The van der Waals surface area contributed by atoms with E-state index in [0.717, 1.165) is 11.8 Å². The molecular formula is C15H30N2. The molecule has 1 heterocycles. The number of rotatable bonds is 5. The van der Waals surface area contributed by atoms with Gasteiger partial charge in [-0.2, -0.15) is 0 Å². The standard InChI is InChI=1S/C15H30N2/c1-14-6-5-7-15(12-14)13-16-8-11-17-9-3-2-4-10-17/h14-16H,2-13H2,1H3. The van der Waals surface area contributed by atoms with Gasteiger partial charge in [0.05, 0.1) is 0 Å². The van der Waals surface area contributed by atoms with Gasteiger partial charge in [0.25, 0.3) is 0 Å². The highest BCUT2D eigenvalue weighted by Crippen LogP contribution is 2.27. The van der Waals surface area contributed by atoms with Gasteiger partial charge in [-0.1, -0.05) is 26.2 Å². The molecule has 2 heteroatoms. The summed E-state index contributed by atoms with van der Waals surface area (Å²) in [5.74, 6) is 1.93. The Labute approximate surface area is 107 Å². The fourth-order valence-corrected chi connectivity index (χ4v) is 3.47. The molecule has 2 nitrogen and oxygen atoms in total. The van der Waals surface area contributed by atoms with E-state index in [1.54, 1.807) is 0 Å². The van der Waals surface area contributed by atoms with Crippen molar-refractivity contribution in [3.8, 4) is 0 Å². The maximum Gasteiger partial charge on any atom is 0.0107 e. The molecule has 2 atom stereocenters. The highest BCUT2D eigenvalue weighted by atomic mass is 15.1. The molecule has 0 radical (unpaired) electrons. The van der Waals surface area contributed by atoms with E-state index in [9.17, 15) is 0 Å². The molecule has 0 aromatic rings. The van der Waals surface area contributed by atoms with E-state index in [2.05, 4.69) is 17.1 Å². The maximum absolute atomic E-state index is 3.68. The molecule has 1 aliphatic heterocycles. The number of nitrogens with zero attached hydrogens (tertiary/aromatic N) is 1. The Balaban J connectivity index is 1.50. The fourth-order valence-electron chi connectivity index (χ4n) is 3.47. The lowest BCUT2D eigenvalue weighted by Crippen LogP contribution is -2.37. The summed E-state index contributed by atoms with van der Waals surface area (Å²) < 4.78 is 0. The van der Waals surface area contributed by atoms with Gasteiger partial charge in [0.15, 0.2) is 0 Å². The number of likely N-dealkylation sites (tertiary alicyclic amines) is 1. The first kappa shape index (κ1) is 13.4. The summed E-state index contributed by atoms with van der Waals surface area (Å²) in [6.07, 6.45) is 10.1. The number of hydrogen-bond acceptors (Lipinski definition) is 2. The Morgan fingerprint density at radius 3 is 2.65 bits per heavy atom. The zero-order chi connectivity index (χ0) is 11.9. The Hall–Kier alpha value is -0.0800. The molecule has 0 aromatic carbocycles. The average molecular weight is 238 g/mol. The first-order valence-corrected chi connectivity index (χ1v) is 7.77. The van der Waals surface area contributed by atoms with Crippen LogP contribution in [0.25, 0.3) is 0 Å². The van der Waals surface area contributed by atoms with Crippen LogP contribution < -0.4 is 5.32 Å². The van der Waals surface area contributed by atoms with Crippen molar-refractivity contribution in [1.82, 2.24) is 10.2 Å². The van der Waals surface area contributed by atoms with Crippen LogP contribution in [0.1, 0.15) is 51.9 Å². The Bertz CT molecular complexity index is 199. The van der Waals surface area contributed by atoms with E-state index in [1.165, 1.54) is 77.7 Å². The second-order valence-electron chi connectivity index (χ2n) is 6.24. The minimum atomic E-state index is 0.958. The monoisotopic (exact) mass is 238 g/mol. The summed E-state index contributed by atoms with van der Waals surface area (Å²) in [5, 5.41) is 3.68. The average Bonchev–Trinajstić information content (AvgIpc) is 2.36. The highest BCUT2D eigenvalue weighted by molar-refractivity contribution is 4.73. The SMILES string of the molecule is CC1CCCC(CNCCN2CCCCC2)C1. The molecule has 2 unspecified atom stereocenters. The molecule has 100 valence electrons. The molecule has 1 saturated carbocycles. The molecule has 1 N–H and O–H groups in total. The van der Waals surface area contributed by atoms with Gasteiger partial charge in [-0.3, -0.25) is 0 Å². The third-order valence-electron chi connectivity index (χ3n) is 4.53. The van der Waals surface area contributed by atoms with Crippen LogP contribution in [-0.2, 0) is 0 Å². The minimum Gasteiger partial charge on any atom is -0.315 e. The van der Waals surface area contributed by atoms with Crippen molar-refractivity contribution in [1.29, 1.82) is 0 Å². The zero-order valence-electron chi connectivity index (χ0n) is 11.6. The topological polar surface area (TPSA) is 15.3 Å². The van der Waals surface area contributed by atoms with Gasteiger partial charge >= 0.3 is 0 Å². The van der Waals surface area contributed by atoms with Crippen molar-refractivity contribution < 1.29 is 0 Å². The fraction of sp³-hybridized carbons (Fsp3) is 1.00. The maximum atomic E-state index is 3.68. The molecule has 1 aliphatic carbocycles. The van der Waals surface area contributed by atoms with Crippen LogP contribution in [0, 0.1) is 11.8 Å². The third-order valence-corrected chi connectivity index (χ3v) is 4.53. The lowest BCUT2D eigenvalue weighted by molar-refractivity contribution is 0.222. The summed E-state index contributed by atoms with van der Waals surface area (Å²) in [6.45, 7) is 8.81. The van der Waals surface area contributed by atoms with Crippen LogP contribution >= 0.6 is 0 Å². The van der Waals surface area contributed by atoms with Gasteiger partial charge in [0.1, 0.15) is 0 Å². The smallest absolute Gasteiger partial charge is 0.0107 e. The van der Waals surface area contributed by atoms with Crippen LogP contribution in [0.5, 0.6) is 0 Å². The zero-order valence-corrected chi connectivity index (χ0v) is 11.6. The van der Waals surface area contributed by atoms with Gasteiger partial charge in [-0.15, -0.1) is 0 Å². The predicted molar refractivity (Wildman–Crippen MR) is 74.3 cm³/mol. The second-order valence-corrected chi connectivity index (χ2v) is 6.24. The van der Waals surface area contributed by atoms with Crippen molar-refractivity contribution in [2.45, 2.75) is 51.9 Å². The van der Waals surface area contributed by atoms with E-state index >= 15 is 0 Å². The molecule has 0 bridgehead atoms. The van der Waals surface area contributed by atoms with Crippen molar-refractivity contribution >= 4 is 0 Å². The van der Waals surface area contributed by atoms with Crippen molar-refractivity contribution in [3.05, 3.63) is 0 Å². The van der Waals surface area contributed by atoms with Gasteiger partial charge in [-0.25, -0.2) is 0 Å². The second kappa shape index (κ2) is 7.38. The van der Waals surface area contributed by atoms with E-state index in [1.807, 2.05) is 0 Å². The summed E-state index contributed by atoms with van der Waals surface area (Å²) in [4.78, 5) is 2.62. The summed E-state index contributed by atoms with van der Waals surface area (Å²) >= 11 is 0. The highest BCUT2D eigenvalue weighted by Gasteiger charge is 2.18. The van der Waals surface area contributed by atoms with Crippen LogP contribution in [0.15, 0.2) is 0 Å². The normalized spacial score (nSPS) is 31.6. The van der Waals surface area contributed by atoms with Crippen LogP contribution in [0.3, 0.4) is 0 Å². The predicted octanol–water partition coefficient (Wildman–Crippen LogP) is 2.89. The van der Waals surface area contributed by atoms with E-state index in [-0.39, 0.29) is 0 Å². The van der Waals surface area contributed by atoms with E-state index < -0.39 is 0 Å². The number of hydrogen-bond donors (Lipinski definition) is 1. The minimum absolute atomic E-state index is 0.958. The largest absolute Gasteiger partial charge is 0.315 e. The molecule has 2 aliphatic rings. The number of piperidine rings is 1. The summed E-state index contributed by atoms with van der Waals surface area (Å²) in [7, 11) is 0. The lowest BCUT2D eigenvalue weighted by atomic mass is 9.82. The molecule has 2 fully saturated rings. The quantitative estimate of drug-likeness (QED) is 0.741. The Morgan fingerprint density at radius 1 is 1.06 bits per heavy atom. The van der Waals surface area contributed by atoms with Crippen molar-refractivity contribution in [3.63, 3.8) is 0 Å². The van der Waals surface area contributed by atoms with E-state index in [0.29, 0.717) is 0 Å². The van der Waals surface area contributed by atoms with Crippen LogP contribution in [-0.4, -0.2) is 37.6 Å². The molecule has 2 rings (SSSR count). The van der Waals surface area contributed by atoms with Gasteiger partial charge in [0, 0.05) is 13.1 Å². The van der Waals surface area contributed by atoms with Crippen LogP contribution in [0.4, 0.5) is 0 Å². The van der Waals surface area contributed by atoms with Gasteiger partial charge < -0.3 is 10.2 Å². The van der Waals surface area contributed by atoms with Crippen molar-refractivity contribution in [2.24, 2.45) is 11.8 Å². The van der Waals surface area contributed by atoms with Gasteiger partial charge in [-0.05, 0) is 57.2 Å². The third kappa shape index (κ3) is 4.97. The molecule has 1 saturated heterocycles. The summed E-state index contributed by atoms with van der Waals surface area (Å²) in [5.41, 5.74) is 0. The molecule has 17 heavy (non-hydrogen) atoms. The molecule has 0 amide bonds. The molecular weight excluding hydrogens is 208 g/mol. The first-order chi connectivity index (χ1) is 8.34. The first-order valence-electron chi connectivity index (χ1n) is 7.77. The van der Waals surface area contributed by atoms with Crippen molar-refractivity contribution in [2.75, 3.05) is 32.7 Å². The van der Waals surface area contributed by atoms with Crippen LogP contribution in [0.2, 0.25) is 0 Å². The summed E-state index contributed by atoms with van der Waals surface area (Å²) in [6, 6.07) is 0. The molecule has 0 aromatic heterocycles. The Kier molecular flexibility index (Phi) is 5.79. The Morgan fingerprint density at radius 2 is 1.88 bits per heavy atom. The van der Waals surface area contributed by atoms with Gasteiger partial charge in [0.2, 0.25) is 0 Å². The lowest BCUT2D eigenvalue weighted by Gasteiger charge is -2.28. The van der Waals surface area contributed by atoms with E-state index in [4.69, 9.17) is 0 Å². The number of nitrogens with one attached hydrogen (secondary N) is 1. The molecule has 0 spiro atoms.